The number of hydrogen-bond donors (Lipinski definition) is 1. The Morgan fingerprint density at radius 3 is 2.50 bits per heavy atom. The molecule has 1 aliphatic rings. The summed E-state index contributed by atoms with van der Waals surface area (Å²) in [5.74, 6) is -0.287. The molecule has 1 heterocycles. The lowest BCUT2D eigenvalue weighted by molar-refractivity contribution is 0.0600. The van der Waals surface area contributed by atoms with Crippen molar-refractivity contribution in [3.63, 3.8) is 0 Å². The first-order valence-electron chi connectivity index (χ1n) is 6.45. The van der Waals surface area contributed by atoms with Gasteiger partial charge in [0.25, 0.3) is 0 Å². The van der Waals surface area contributed by atoms with Crippen molar-refractivity contribution in [3.05, 3.63) is 35.4 Å². The molecule has 0 radical (unpaired) electrons. The third-order valence-electron chi connectivity index (χ3n) is 3.24. The van der Waals surface area contributed by atoms with Crippen molar-refractivity contribution < 1.29 is 9.53 Å². The zero-order valence-electron chi connectivity index (χ0n) is 10.8. The van der Waals surface area contributed by atoms with Gasteiger partial charge in [0.15, 0.2) is 0 Å². The van der Waals surface area contributed by atoms with Crippen molar-refractivity contribution in [2.45, 2.75) is 25.8 Å². The first-order valence-corrected chi connectivity index (χ1v) is 6.45. The fraction of sp³-hybridized carbons (Fsp3) is 0.500. The normalized spacial score (nSPS) is 16.5. The Labute approximate surface area is 108 Å². The Morgan fingerprint density at radius 2 is 1.89 bits per heavy atom. The lowest BCUT2D eigenvalue weighted by Gasteiger charge is -2.27. The van der Waals surface area contributed by atoms with Crippen LogP contribution in [0, 0.1) is 0 Å². The van der Waals surface area contributed by atoms with E-state index in [0.29, 0.717) is 5.56 Å². The lowest BCUT2D eigenvalue weighted by Crippen LogP contribution is -2.41. The molecular weight excluding hydrogens is 228 g/mol. The van der Waals surface area contributed by atoms with Crippen molar-refractivity contribution >= 4 is 5.97 Å². The second-order valence-corrected chi connectivity index (χ2v) is 4.57. The van der Waals surface area contributed by atoms with Crippen LogP contribution < -0.4 is 5.43 Å². The molecule has 0 aliphatic carbocycles. The Kier molecular flexibility index (Phi) is 4.73. The van der Waals surface area contributed by atoms with Gasteiger partial charge in [-0.1, -0.05) is 18.6 Å². The van der Waals surface area contributed by atoms with Gasteiger partial charge in [-0.2, -0.15) is 0 Å². The number of methoxy groups -OCH3 is 1. The number of hydrazine groups is 1. The molecule has 1 aromatic carbocycles. The van der Waals surface area contributed by atoms with Crippen LogP contribution in [-0.4, -0.2) is 31.2 Å². The van der Waals surface area contributed by atoms with E-state index < -0.39 is 0 Å². The number of esters is 1. The fourth-order valence-corrected chi connectivity index (χ4v) is 2.13. The summed E-state index contributed by atoms with van der Waals surface area (Å²) in [7, 11) is 1.40. The minimum Gasteiger partial charge on any atom is -0.465 e. The van der Waals surface area contributed by atoms with E-state index in [1.807, 2.05) is 12.1 Å². The maximum atomic E-state index is 11.3. The van der Waals surface area contributed by atoms with Gasteiger partial charge in [0.05, 0.1) is 12.7 Å². The zero-order valence-corrected chi connectivity index (χ0v) is 10.8. The molecule has 1 aliphatic heterocycles. The van der Waals surface area contributed by atoms with Gasteiger partial charge in [0.1, 0.15) is 0 Å². The van der Waals surface area contributed by atoms with Crippen LogP contribution in [0.3, 0.4) is 0 Å². The molecule has 0 bridgehead atoms. The molecule has 1 fully saturated rings. The number of piperidine rings is 1. The Hall–Kier alpha value is -1.39. The summed E-state index contributed by atoms with van der Waals surface area (Å²) in [6, 6.07) is 7.53. The minimum atomic E-state index is -0.287. The molecule has 4 heteroatoms. The highest BCUT2D eigenvalue weighted by Gasteiger charge is 2.09. The van der Waals surface area contributed by atoms with Gasteiger partial charge in [0.2, 0.25) is 0 Å². The summed E-state index contributed by atoms with van der Waals surface area (Å²) in [5, 5.41) is 2.28. The topological polar surface area (TPSA) is 41.6 Å². The monoisotopic (exact) mass is 248 g/mol. The number of benzene rings is 1. The number of rotatable bonds is 4. The van der Waals surface area contributed by atoms with Crippen molar-refractivity contribution in [1.29, 1.82) is 0 Å². The molecule has 2 rings (SSSR count). The molecular formula is C14H20N2O2. The van der Waals surface area contributed by atoms with Gasteiger partial charge in [-0.05, 0) is 30.5 Å². The molecule has 1 saturated heterocycles. The van der Waals surface area contributed by atoms with E-state index in [1.165, 1.54) is 31.9 Å². The highest BCUT2D eigenvalue weighted by atomic mass is 16.5. The zero-order chi connectivity index (χ0) is 12.8. The van der Waals surface area contributed by atoms with Gasteiger partial charge in [-0.15, -0.1) is 0 Å². The third-order valence-corrected chi connectivity index (χ3v) is 3.24. The molecule has 0 spiro atoms. The van der Waals surface area contributed by atoms with Gasteiger partial charge >= 0.3 is 5.97 Å². The van der Waals surface area contributed by atoms with Crippen LogP contribution in [0.15, 0.2) is 24.3 Å². The predicted octanol–water partition coefficient (Wildman–Crippen LogP) is 1.96. The summed E-state index contributed by atoms with van der Waals surface area (Å²) in [6.07, 6.45) is 3.88. The van der Waals surface area contributed by atoms with E-state index in [9.17, 15) is 4.79 Å². The molecule has 18 heavy (non-hydrogen) atoms. The molecule has 98 valence electrons. The average molecular weight is 248 g/mol. The standard InChI is InChI=1S/C14H20N2O2/c1-18-14(17)13-7-5-12(6-8-13)11-15-16-9-3-2-4-10-16/h5-8,15H,2-4,9-11H2,1H3. The van der Waals surface area contributed by atoms with Crippen molar-refractivity contribution in [2.24, 2.45) is 0 Å². The number of nitrogens with zero attached hydrogens (tertiary/aromatic N) is 1. The Bertz CT molecular complexity index is 383. The molecule has 0 amide bonds. The Balaban J connectivity index is 1.84. The summed E-state index contributed by atoms with van der Waals surface area (Å²) in [6.45, 7) is 3.06. The second kappa shape index (κ2) is 6.52. The molecule has 0 aromatic heterocycles. The van der Waals surface area contributed by atoms with E-state index >= 15 is 0 Å². The van der Waals surface area contributed by atoms with Crippen LogP contribution in [-0.2, 0) is 11.3 Å². The lowest BCUT2D eigenvalue weighted by atomic mass is 10.1. The minimum absolute atomic E-state index is 0.287. The number of carbonyl (C=O) groups excluding carboxylic acids is 1. The summed E-state index contributed by atoms with van der Waals surface area (Å²) in [4.78, 5) is 11.3. The van der Waals surface area contributed by atoms with Crippen molar-refractivity contribution in [2.75, 3.05) is 20.2 Å². The van der Waals surface area contributed by atoms with E-state index in [2.05, 4.69) is 15.2 Å². The molecule has 4 nitrogen and oxygen atoms in total. The first kappa shape index (κ1) is 13.1. The fourth-order valence-electron chi connectivity index (χ4n) is 2.13. The highest BCUT2D eigenvalue weighted by molar-refractivity contribution is 5.89. The quantitative estimate of drug-likeness (QED) is 0.827. The van der Waals surface area contributed by atoms with Crippen LogP contribution >= 0.6 is 0 Å². The SMILES string of the molecule is COC(=O)c1ccc(CNN2CCCCC2)cc1. The van der Waals surface area contributed by atoms with Gasteiger partial charge in [-0.25, -0.2) is 9.80 Å². The summed E-state index contributed by atoms with van der Waals surface area (Å²) >= 11 is 0. The van der Waals surface area contributed by atoms with E-state index in [0.717, 1.165) is 19.6 Å². The molecule has 0 atom stereocenters. The molecule has 0 unspecified atom stereocenters. The molecule has 1 N–H and O–H groups in total. The number of hydrogen-bond acceptors (Lipinski definition) is 4. The number of ether oxygens (including phenoxy) is 1. The molecule has 1 aromatic rings. The maximum Gasteiger partial charge on any atom is 0.337 e. The van der Waals surface area contributed by atoms with Gasteiger partial charge in [0, 0.05) is 19.6 Å². The highest BCUT2D eigenvalue weighted by Crippen LogP contribution is 2.08. The summed E-state index contributed by atoms with van der Waals surface area (Å²) in [5.41, 5.74) is 5.19. The van der Waals surface area contributed by atoms with Gasteiger partial charge in [-0.3, -0.25) is 5.43 Å². The summed E-state index contributed by atoms with van der Waals surface area (Å²) < 4.78 is 4.67. The van der Waals surface area contributed by atoms with E-state index in [-0.39, 0.29) is 5.97 Å². The van der Waals surface area contributed by atoms with E-state index in [4.69, 9.17) is 0 Å². The largest absolute Gasteiger partial charge is 0.465 e. The van der Waals surface area contributed by atoms with Gasteiger partial charge < -0.3 is 4.74 Å². The first-order chi connectivity index (χ1) is 8.79. The smallest absolute Gasteiger partial charge is 0.337 e. The van der Waals surface area contributed by atoms with Crippen molar-refractivity contribution in [3.8, 4) is 0 Å². The van der Waals surface area contributed by atoms with Crippen LogP contribution in [0.2, 0.25) is 0 Å². The third kappa shape index (κ3) is 3.55. The van der Waals surface area contributed by atoms with Crippen molar-refractivity contribution in [1.82, 2.24) is 10.4 Å². The average Bonchev–Trinajstić information content (AvgIpc) is 2.46. The number of nitrogens with one attached hydrogen (secondary N) is 1. The molecule has 0 saturated carbocycles. The van der Waals surface area contributed by atoms with Crippen LogP contribution in [0.4, 0.5) is 0 Å². The predicted molar refractivity (Wildman–Crippen MR) is 70.0 cm³/mol. The second-order valence-electron chi connectivity index (χ2n) is 4.57. The van der Waals surface area contributed by atoms with Crippen LogP contribution in [0.25, 0.3) is 0 Å². The maximum absolute atomic E-state index is 11.3. The van der Waals surface area contributed by atoms with E-state index in [1.54, 1.807) is 12.1 Å². The number of carbonyl (C=O) groups is 1. The van der Waals surface area contributed by atoms with Crippen LogP contribution in [0.1, 0.15) is 35.2 Å². The Morgan fingerprint density at radius 1 is 1.22 bits per heavy atom. The van der Waals surface area contributed by atoms with Crippen LogP contribution in [0.5, 0.6) is 0 Å².